The summed E-state index contributed by atoms with van der Waals surface area (Å²) in [5.41, 5.74) is 2.24. The van der Waals surface area contributed by atoms with Crippen LogP contribution in [0.4, 0.5) is 0 Å². The predicted molar refractivity (Wildman–Crippen MR) is 76.8 cm³/mol. The fourth-order valence-electron chi connectivity index (χ4n) is 2.07. The number of hydrogen-bond acceptors (Lipinski definition) is 3. The van der Waals surface area contributed by atoms with Crippen LogP contribution in [-0.2, 0) is 11.3 Å². The maximum absolute atomic E-state index is 10.5. The van der Waals surface area contributed by atoms with Gasteiger partial charge in [-0.15, -0.1) is 0 Å². The van der Waals surface area contributed by atoms with Crippen molar-refractivity contribution in [1.82, 2.24) is 14.7 Å². The van der Waals surface area contributed by atoms with E-state index >= 15 is 0 Å². The molecule has 0 atom stereocenters. The largest absolute Gasteiger partial charge is 0.481 e. The highest BCUT2D eigenvalue weighted by Crippen LogP contribution is 2.10. The molecule has 0 amide bonds. The van der Waals surface area contributed by atoms with Gasteiger partial charge in [-0.05, 0) is 43.8 Å². The Labute approximate surface area is 118 Å². The molecule has 0 saturated heterocycles. The van der Waals surface area contributed by atoms with Gasteiger partial charge in [0.15, 0.2) is 0 Å². The highest BCUT2D eigenvalue weighted by atomic mass is 16.4. The summed E-state index contributed by atoms with van der Waals surface area (Å²) in [5.74, 6) is -0.734. The molecule has 106 valence electrons. The van der Waals surface area contributed by atoms with Gasteiger partial charge in [0.2, 0.25) is 0 Å². The smallest absolute Gasteiger partial charge is 0.303 e. The van der Waals surface area contributed by atoms with E-state index in [0.29, 0.717) is 6.42 Å². The fraction of sp³-hybridized carbons (Fsp3) is 0.333. The first-order chi connectivity index (χ1) is 9.65. The molecule has 0 aliphatic heterocycles. The summed E-state index contributed by atoms with van der Waals surface area (Å²) in [6.45, 7) is 1.60. The molecule has 0 unspecified atom stereocenters. The summed E-state index contributed by atoms with van der Waals surface area (Å²) in [5, 5.41) is 12.8. The van der Waals surface area contributed by atoms with Crippen molar-refractivity contribution >= 4 is 5.97 Å². The second-order valence-electron chi connectivity index (χ2n) is 4.85. The van der Waals surface area contributed by atoms with Gasteiger partial charge in [-0.25, -0.2) is 4.68 Å². The molecule has 0 fully saturated rings. The highest BCUT2D eigenvalue weighted by Gasteiger charge is 2.03. The van der Waals surface area contributed by atoms with E-state index in [-0.39, 0.29) is 6.42 Å². The van der Waals surface area contributed by atoms with E-state index in [1.807, 2.05) is 36.1 Å². The summed E-state index contributed by atoms with van der Waals surface area (Å²) in [6.07, 6.45) is 4.57. The van der Waals surface area contributed by atoms with Gasteiger partial charge in [0.1, 0.15) is 0 Å². The number of aromatic nitrogens is 2. The number of benzene rings is 1. The minimum Gasteiger partial charge on any atom is -0.481 e. The molecule has 5 nitrogen and oxygen atoms in total. The molecule has 5 heteroatoms. The van der Waals surface area contributed by atoms with Crippen LogP contribution < -0.4 is 0 Å². The molecule has 1 N–H and O–H groups in total. The average molecular weight is 273 g/mol. The van der Waals surface area contributed by atoms with E-state index in [2.05, 4.69) is 22.1 Å². The Morgan fingerprint density at radius 1 is 1.35 bits per heavy atom. The molecule has 0 bridgehead atoms. The topological polar surface area (TPSA) is 58.4 Å². The lowest BCUT2D eigenvalue weighted by Crippen LogP contribution is -2.19. The molecule has 20 heavy (non-hydrogen) atoms. The van der Waals surface area contributed by atoms with Crippen LogP contribution in [0.3, 0.4) is 0 Å². The third-order valence-electron chi connectivity index (χ3n) is 3.09. The third-order valence-corrected chi connectivity index (χ3v) is 3.09. The minimum absolute atomic E-state index is 0.225. The van der Waals surface area contributed by atoms with Crippen molar-refractivity contribution in [3.63, 3.8) is 0 Å². The van der Waals surface area contributed by atoms with Crippen molar-refractivity contribution in [3.8, 4) is 5.69 Å². The lowest BCUT2D eigenvalue weighted by Gasteiger charge is -2.16. The number of aliphatic carboxylic acids is 1. The van der Waals surface area contributed by atoms with Gasteiger partial charge in [0, 0.05) is 25.4 Å². The molecule has 1 aromatic heterocycles. The fourth-order valence-corrected chi connectivity index (χ4v) is 2.07. The zero-order valence-electron chi connectivity index (χ0n) is 11.6. The van der Waals surface area contributed by atoms with Gasteiger partial charge in [-0.1, -0.05) is 12.1 Å². The number of hydrogen-bond donors (Lipinski definition) is 1. The van der Waals surface area contributed by atoms with Crippen molar-refractivity contribution in [1.29, 1.82) is 0 Å². The summed E-state index contributed by atoms with van der Waals surface area (Å²) < 4.78 is 1.82. The number of carboxylic acid groups (broad SMARTS) is 1. The van der Waals surface area contributed by atoms with E-state index in [4.69, 9.17) is 5.11 Å². The standard InChI is InChI=1S/C15H19N3O2/c1-17(10-2-4-15(19)20)12-13-5-7-14(8-6-13)18-11-3-9-16-18/h3,5-9,11H,2,4,10,12H2,1H3,(H,19,20). The molecule has 0 spiro atoms. The summed E-state index contributed by atoms with van der Waals surface area (Å²) >= 11 is 0. The number of nitrogens with zero attached hydrogens (tertiary/aromatic N) is 3. The second kappa shape index (κ2) is 6.86. The second-order valence-corrected chi connectivity index (χ2v) is 4.85. The average Bonchev–Trinajstić information content (AvgIpc) is 2.93. The highest BCUT2D eigenvalue weighted by molar-refractivity contribution is 5.66. The molecule has 0 aliphatic rings. The molecule has 0 aliphatic carbocycles. The van der Waals surface area contributed by atoms with Crippen LogP contribution in [0.25, 0.3) is 5.69 Å². The number of rotatable bonds is 7. The molecule has 1 aromatic carbocycles. The lowest BCUT2D eigenvalue weighted by atomic mass is 10.2. The Morgan fingerprint density at radius 2 is 2.10 bits per heavy atom. The van der Waals surface area contributed by atoms with Crippen molar-refractivity contribution in [2.75, 3.05) is 13.6 Å². The van der Waals surface area contributed by atoms with E-state index in [9.17, 15) is 4.79 Å². The maximum Gasteiger partial charge on any atom is 0.303 e. The van der Waals surface area contributed by atoms with Crippen molar-refractivity contribution in [2.45, 2.75) is 19.4 Å². The monoisotopic (exact) mass is 273 g/mol. The molecule has 0 radical (unpaired) electrons. The third kappa shape index (κ3) is 4.20. The van der Waals surface area contributed by atoms with Gasteiger partial charge in [0.05, 0.1) is 5.69 Å². The first-order valence-electron chi connectivity index (χ1n) is 6.64. The Balaban J connectivity index is 1.86. The van der Waals surface area contributed by atoms with Gasteiger partial charge >= 0.3 is 5.97 Å². The van der Waals surface area contributed by atoms with E-state index in [1.165, 1.54) is 5.56 Å². The van der Waals surface area contributed by atoms with Crippen LogP contribution in [0, 0.1) is 0 Å². The molecule has 0 saturated carbocycles. The summed E-state index contributed by atoms with van der Waals surface area (Å²) in [4.78, 5) is 12.6. The van der Waals surface area contributed by atoms with Crippen LogP contribution in [0.5, 0.6) is 0 Å². The van der Waals surface area contributed by atoms with Crippen molar-refractivity contribution in [2.24, 2.45) is 0 Å². The Morgan fingerprint density at radius 3 is 2.70 bits per heavy atom. The van der Waals surface area contributed by atoms with Gasteiger partial charge in [-0.2, -0.15) is 5.10 Å². The molecule has 2 rings (SSSR count). The Hall–Kier alpha value is -2.14. The summed E-state index contributed by atoms with van der Waals surface area (Å²) in [7, 11) is 2.00. The molecule has 2 aromatic rings. The quantitative estimate of drug-likeness (QED) is 0.840. The lowest BCUT2D eigenvalue weighted by molar-refractivity contribution is -0.137. The van der Waals surface area contributed by atoms with Crippen LogP contribution in [0.15, 0.2) is 42.7 Å². The SMILES string of the molecule is CN(CCCC(=O)O)Cc1ccc(-n2cccn2)cc1. The van der Waals surface area contributed by atoms with Gasteiger partial charge < -0.3 is 10.0 Å². The van der Waals surface area contributed by atoms with Crippen molar-refractivity contribution in [3.05, 3.63) is 48.3 Å². The summed E-state index contributed by atoms with van der Waals surface area (Å²) in [6, 6.07) is 10.1. The maximum atomic E-state index is 10.5. The van der Waals surface area contributed by atoms with Gasteiger partial charge in [-0.3, -0.25) is 4.79 Å². The number of carboxylic acids is 1. The van der Waals surface area contributed by atoms with Crippen molar-refractivity contribution < 1.29 is 9.90 Å². The minimum atomic E-state index is -0.734. The van der Waals surface area contributed by atoms with Crippen LogP contribution in [-0.4, -0.2) is 39.3 Å². The van der Waals surface area contributed by atoms with E-state index in [0.717, 1.165) is 18.8 Å². The Kier molecular flexibility index (Phi) is 4.90. The van der Waals surface area contributed by atoms with Gasteiger partial charge in [0.25, 0.3) is 0 Å². The molecular weight excluding hydrogens is 254 g/mol. The first-order valence-corrected chi connectivity index (χ1v) is 6.64. The zero-order chi connectivity index (χ0) is 14.4. The first kappa shape index (κ1) is 14.3. The van der Waals surface area contributed by atoms with Crippen LogP contribution >= 0.6 is 0 Å². The zero-order valence-corrected chi connectivity index (χ0v) is 11.6. The van der Waals surface area contributed by atoms with Crippen LogP contribution in [0.1, 0.15) is 18.4 Å². The van der Waals surface area contributed by atoms with E-state index in [1.54, 1.807) is 6.20 Å². The van der Waals surface area contributed by atoms with E-state index < -0.39 is 5.97 Å². The number of carbonyl (C=O) groups is 1. The Bertz CT molecular complexity index is 535. The predicted octanol–water partition coefficient (Wildman–Crippen LogP) is 2.17. The van der Waals surface area contributed by atoms with Crippen LogP contribution in [0.2, 0.25) is 0 Å². The molecular formula is C15H19N3O2. The normalized spacial score (nSPS) is 10.9. The molecule has 1 heterocycles.